The van der Waals surface area contributed by atoms with E-state index in [-0.39, 0.29) is 23.6 Å². The van der Waals surface area contributed by atoms with Crippen LogP contribution in [0.1, 0.15) is 89.7 Å². The molecule has 0 saturated heterocycles. The number of amides is 2. The Morgan fingerprint density at radius 2 is 1.26 bits per heavy atom. The van der Waals surface area contributed by atoms with Crippen LogP contribution in [0, 0.1) is 0 Å². The topological polar surface area (TPSA) is 163 Å². The van der Waals surface area contributed by atoms with E-state index in [1.165, 1.54) is 22.2 Å². The highest BCUT2D eigenvalue weighted by Crippen LogP contribution is 2.34. The summed E-state index contributed by atoms with van der Waals surface area (Å²) in [5.74, 6) is 0. The van der Waals surface area contributed by atoms with Crippen molar-refractivity contribution in [2.75, 3.05) is 0 Å². The summed E-state index contributed by atoms with van der Waals surface area (Å²) in [4.78, 5) is 27.1. The molecule has 14 nitrogen and oxygen atoms in total. The number of rotatable bonds is 4. The number of aromatic nitrogens is 4. The molecule has 2 aromatic rings. The third kappa shape index (κ3) is 6.43. The van der Waals surface area contributed by atoms with Crippen LogP contribution in [-0.2, 0) is 55.7 Å². The molecule has 0 radical (unpaired) electrons. The van der Waals surface area contributed by atoms with E-state index < -0.39 is 43.4 Å². The van der Waals surface area contributed by atoms with Crippen molar-refractivity contribution in [1.82, 2.24) is 28.2 Å². The minimum absolute atomic E-state index is 0.218. The van der Waals surface area contributed by atoms with Gasteiger partial charge in [-0.2, -0.15) is 18.4 Å². The van der Waals surface area contributed by atoms with Gasteiger partial charge in [0.1, 0.15) is 11.2 Å². The standard InChI is InChI=1S/2C13H19N3O4S/c1-13(2,3)20-12(17)15-6-9-7-16(14-11(9)8-15)21(18,19)10-4-5-10;1-13(2,3)20-12(17)15-7-9-6-14-16(11(9)8-15)21(18,19)10-4-5-10/h7,10H,4-6,8H2,1-3H3;6,10H,4-5,7-8H2,1-3H3. The Morgan fingerprint density at radius 3 is 1.76 bits per heavy atom. The Morgan fingerprint density at radius 1 is 0.762 bits per heavy atom. The number of carbonyl (C=O) groups excluding carboxylic acids is 2. The molecular weight excluding hydrogens is 588 g/mol. The van der Waals surface area contributed by atoms with Crippen LogP contribution in [0.4, 0.5) is 9.59 Å². The summed E-state index contributed by atoms with van der Waals surface area (Å²) in [7, 11) is -6.74. The molecule has 0 atom stereocenters. The van der Waals surface area contributed by atoms with E-state index >= 15 is 0 Å². The smallest absolute Gasteiger partial charge is 0.410 e. The SMILES string of the molecule is CC(C)(C)OC(=O)N1Cc2cn(S(=O)(=O)C3CC3)nc2C1.CC(C)(C)OC(=O)N1Cc2cnn(S(=O)(=O)C3CC3)c2C1. The molecule has 2 aliphatic carbocycles. The van der Waals surface area contributed by atoms with Crippen LogP contribution >= 0.6 is 0 Å². The van der Waals surface area contributed by atoms with Crippen LogP contribution in [0.5, 0.6) is 0 Å². The Labute approximate surface area is 246 Å². The molecule has 2 fully saturated rings. The van der Waals surface area contributed by atoms with Gasteiger partial charge in [-0.15, -0.1) is 0 Å². The molecule has 4 heterocycles. The van der Waals surface area contributed by atoms with Crippen LogP contribution in [0.15, 0.2) is 12.4 Å². The Balaban J connectivity index is 0.000000168. The van der Waals surface area contributed by atoms with Gasteiger partial charge in [-0.05, 0) is 67.2 Å². The molecule has 42 heavy (non-hydrogen) atoms. The van der Waals surface area contributed by atoms with E-state index in [1.807, 2.05) is 20.8 Å². The first kappa shape index (κ1) is 30.3. The number of hydrogen-bond acceptors (Lipinski definition) is 10. The number of hydrogen-bond donors (Lipinski definition) is 0. The average Bonchev–Trinajstić information content (AvgIpc) is 3.71. The fourth-order valence-corrected chi connectivity index (χ4v) is 7.74. The first-order valence-electron chi connectivity index (χ1n) is 13.9. The van der Waals surface area contributed by atoms with Gasteiger partial charge in [0.15, 0.2) is 0 Å². The number of carbonyl (C=O) groups is 2. The molecule has 6 rings (SSSR count). The van der Waals surface area contributed by atoms with Gasteiger partial charge in [0.05, 0.1) is 54.3 Å². The predicted octanol–water partition coefficient (Wildman–Crippen LogP) is 2.95. The summed E-state index contributed by atoms with van der Waals surface area (Å²) in [6.45, 7) is 12.0. The second-order valence-electron chi connectivity index (χ2n) is 13.1. The van der Waals surface area contributed by atoms with Gasteiger partial charge < -0.3 is 9.47 Å². The molecule has 0 spiro atoms. The summed E-state index contributed by atoms with van der Waals surface area (Å²) < 4.78 is 61.6. The monoisotopic (exact) mass is 626 g/mol. The van der Waals surface area contributed by atoms with Gasteiger partial charge >= 0.3 is 12.2 Å². The van der Waals surface area contributed by atoms with Gasteiger partial charge in [0.25, 0.3) is 20.0 Å². The molecule has 2 aliphatic heterocycles. The second kappa shape index (κ2) is 10.2. The molecule has 232 valence electrons. The number of nitrogens with zero attached hydrogens (tertiary/aromatic N) is 6. The average molecular weight is 627 g/mol. The maximum absolute atomic E-state index is 12.3. The summed E-state index contributed by atoms with van der Waals surface area (Å²) in [5.41, 5.74) is 1.62. The fourth-order valence-electron chi connectivity index (χ4n) is 4.54. The zero-order valence-electron chi connectivity index (χ0n) is 24.7. The van der Waals surface area contributed by atoms with Crippen molar-refractivity contribution in [3.05, 3.63) is 34.9 Å². The minimum Gasteiger partial charge on any atom is -0.444 e. The lowest BCUT2D eigenvalue weighted by atomic mass is 10.2. The first-order valence-corrected chi connectivity index (χ1v) is 16.9. The first-order chi connectivity index (χ1) is 19.3. The number of fused-ring (bicyclic) bond motifs is 2. The van der Waals surface area contributed by atoms with E-state index in [0.29, 0.717) is 50.2 Å². The fraction of sp³-hybridized carbons (Fsp3) is 0.692. The lowest BCUT2D eigenvalue weighted by molar-refractivity contribution is 0.0229. The molecule has 16 heteroatoms. The Kier molecular flexibility index (Phi) is 7.40. The van der Waals surface area contributed by atoms with Crippen LogP contribution < -0.4 is 0 Å². The van der Waals surface area contributed by atoms with Gasteiger partial charge in [-0.3, -0.25) is 9.80 Å². The van der Waals surface area contributed by atoms with Crippen LogP contribution in [0.2, 0.25) is 0 Å². The molecule has 0 aromatic carbocycles. The highest BCUT2D eigenvalue weighted by Gasteiger charge is 2.42. The molecule has 2 aromatic heterocycles. The van der Waals surface area contributed by atoms with Crippen molar-refractivity contribution >= 4 is 32.2 Å². The minimum atomic E-state index is -3.41. The quantitative estimate of drug-likeness (QED) is 0.493. The lowest BCUT2D eigenvalue weighted by Gasteiger charge is -2.24. The van der Waals surface area contributed by atoms with Crippen LogP contribution in [0.3, 0.4) is 0 Å². The molecule has 0 bridgehead atoms. The van der Waals surface area contributed by atoms with E-state index in [2.05, 4.69) is 10.2 Å². The predicted molar refractivity (Wildman–Crippen MR) is 150 cm³/mol. The van der Waals surface area contributed by atoms with Gasteiger partial charge in [-0.25, -0.2) is 26.4 Å². The maximum atomic E-state index is 12.3. The van der Waals surface area contributed by atoms with E-state index in [1.54, 1.807) is 20.8 Å². The van der Waals surface area contributed by atoms with E-state index in [4.69, 9.17) is 9.47 Å². The third-order valence-corrected chi connectivity index (χ3v) is 11.0. The molecular formula is C26H38N6O8S2. The van der Waals surface area contributed by atoms with Crippen molar-refractivity contribution in [3.8, 4) is 0 Å². The Hall–Kier alpha value is -3.14. The lowest BCUT2D eigenvalue weighted by Crippen LogP contribution is -2.34. The highest BCUT2D eigenvalue weighted by atomic mass is 32.2. The molecule has 2 amide bonds. The molecule has 0 unspecified atom stereocenters. The number of ether oxygens (including phenoxy) is 2. The third-order valence-electron chi connectivity index (χ3n) is 6.88. The summed E-state index contributed by atoms with van der Waals surface area (Å²) in [5, 5.41) is 7.51. The van der Waals surface area contributed by atoms with Gasteiger partial charge in [0.2, 0.25) is 0 Å². The van der Waals surface area contributed by atoms with Crippen LogP contribution in [0.25, 0.3) is 0 Å². The van der Waals surface area contributed by atoms with Gasteiger partial charge in [-0.1, -0.05) is 0 Å². The van der Waals surface area contributed by atoms with Crippen LogP contribution in [-0.4, -0.2) is 78.9 Å². The normalized spacial score (nSPS) is 18.7. The summed E-state index contributed by atoms with van der Waals surface area (Å²) in [6.07, 6.45) is 4.99. The van der Waals surface area contributed by atoms with Crippen molar-refractivity contribution in [2.45, 2.75) is 115 Å². The van der Waals surface area contributed by atoms with Crippen molar-refractivity contribution in [3.63, 3.8) is 0 Å². The largest absolute Gasteiger partial charge is 0.444 e. The molecule has 0 N–H and O–H groups in total. The highest BCUT2D eigenvalue weighted by molar-refractivity contribution is 7.91. The second-order valence-corrected chi connectivity index (χ2v) is 17.2. The van der Waals surface area contributed by atoms with Gasteiger partial charge in [0, 0.05) is 17.3 Å². The Bertz CT molecular complexity index is 1580. The van der Waals surface area contributed by atoms with E-state index in [9.17, 15) is 26.4 Å². The van der Waals surface area contributed by atoms with Crippen molar-refractivity contribution < 1.29 is 35.9 Å². The zero-order chi connectivity index (χ0) is 30.8. The van der Waals surface area contributed by atoms with Crippen molar-refractivity contribution in [1.29, 1.82) is 0 Å². The maximum Gasteiger partial charge on any atom is 0.410 e. The van der Waals surface area contributed by atoms with E-state index in [0.717, 1.165) is 19.3 Å². The zero-order valence-corrected chi connectivity index (χ0v) is 26.4. The molecule has 4 aliphatic rings. The summed E-state index contributed by atoms with van der Waals surface area (Å²) in [6, 6.07) is 0. The van der Waals surface area contributed by atoms with Crippen molar-refractivity contribution in [2.24, 2.45) is 0 Å². The molecule has 2 saturated carbocycles. The summed E-state index contributed by atoms with van der Waals surface area (Å²) >= 11 is 0.